The molecule has 72 valence electrons. The van der Waals surface area contributed by atoms with Gasteiger partial charge in [-0.15, -0.1) is 0 Å². The summed E-state index contributed by atoms with van der Waals surface area (Å²) in [6.45, 7) is 1.95. The zero-order valence-electron chi connectivity index (χ0n) is 8.13. The molecule has 4 heteroatoms. The first kappa shape index (κ1) is 8.56. The van der Waals surface area contributed by atoms with E-state index in [0.717, 1.165) is 31.8 Å². The van der Waals surface area contributed by atoms with Crippen LogP contribution in [0.1, 0.15) is 17.7 Å². The number of hydrogen-bond donors (Lipinski definition) is 1. The molecular weight excluding hydrogens is 166 g/mol. The van der Waals surface area contributed by atoms with Crippen molar-refractivity contribution >= 4 is 0 Å². The van der Waals surface area contributed by atoms with E-state index in [0.29, 0.717) is 0 Å². The Morgan fingerprint density at radius 1 is 1.54 bits per heavy atom. The molecule has 0 bridgehead atoms. The Kier molecular flexibility index (Phi) is 2.22. The van der Waals surface area contributed by atoms with Crippen LogP contribution in [0.15, 0.2) is 0 Å². The van der Waals surface area contributed by atoms with Gasteiger partial charge in [0.25, 0.3) is 0 Å². The molecule has 0 saturated heterocycles. The minimum atomic E-state index is 0.881. The first-order chi connectivity index (χ1) is 6.33. The fourth-order valence-electron chi connectivity index (χ4n) is 1.83. The lowest BCUT2D eigenvalue weighted by molar-refractivity contribution is 0.368. The van der Waals surface area contributed by atoms with Gasteiger partial charge in [-0.2, -0.15) is 5.10 Å². The Morgan fingerprint density at radius 2 is 2.38 bits per heavy atom. The monoisotopic (exact) mass is 181 g/mol. The molecule has 1 aliphatic rings. The van der Waals surface area contributed by atoms with E-state index < -0.39 is 0 Å². The predicted octanol–water partition coefficient (Wildman–Crippen LogP) is 0.464. The van der Waals surface area contributed by atoms with E-state index in [1.807, 2.05) is 11.7 Å². The van der Waals surface area contributed by atoms with Gasteiger partial charge in [-0.25, -0.2) is 4.68 Å². The van der Waals surface area contributed by atoms with E-state index in [-0.39, 0.29) is 0 Å². The number of methoxy groups -OCH3 is 1. The standard InChI is InChI=1S/C9H15N3O/c1-12-9(13-2)7-6-10-5-3-4-8(7)11-12/h10H,3-6H2,1-2H3. The molecule has 1 aromatic heterocycles. The van der Waals surface area contributed by atoms with Gasteiger partial charge in [-0.3, -0.25) is 0 Å². The van der Waals surface area contributed by atoms with Crippen LogP contribution in [-0.4, -0.2) is 23.4 Å². The lowest BCUT2D eigenvalue weighted by Crippen LogP contribution is -2.12. The van der Waals surface area contributed by atoms with Crippen molar-refractivity contribution in [1.29, 1.82) is 0 Å². The maximum atomic E-state index is 5.30. The van der Waals surface area contributed by atoms with Crippen LogP contribution in [0.4, 0.5) is 0 Å². The highest BCUT2D eigenvalue weighted by Gasteiger charge is 2.17. The second kappa shape index (κ2) is 3.38. The van der Waals surface area contributed by atoms with Crippen molar-refractivity contribution in [2.24, 2.45) is 7.05 Å². The second-order valence-electron chi connectivity index (χ2n) is 3.34. The molecule has 1 aromatic rings. The van der Waals surface area contributed by atoms with Gasteiger partial charge in [0.15, 0.2) is 0 Å². The summed E-state index contributed by atoms with van der Waals surface area (Å²) in [5.74, 6) is 0.893. The molecule has 1 aliphatic heterocycles. The molecular formula is C9H15N3O. The normalized spacial score (nSPS) is 16.5. The van der Waals surface area contributed by atoms with E-state index in [1.54, 1.807) is 7.11 Å². The second-order valence-corrected chi connectivity index (χ2v) is 3.34. The number of nitrogens with zero attached hydrogens (tertiary/aromatic N) is 2. The summed E-state index contributed by atoms with van der Waals surface area (Å²) >= 11 is 0. The van der Waals surface area contributed by atoms with Crippen molar-refractivity contribution in [3.8, 4) is 5.88 Å². The number of aromatic nitrogens is 2. The van der Waals surface area contributed by atoms with Gasteiger partial charge < -0.3 is 10.1 Å². The number of aryl methyl sites for hydroxylation is 2. The molecule has 0 saturated carbocycles. The van der Waals surface area contributed by atoms with E-state index >= 15 is 0 Å². The Hall–Kier alpha value is -1.03. The average Bonchev–Trinajstić information content (AvgIpc) is 2.32. The summed E-state index contributed by atoms with van der Waals surface area (Å²) in [6, 6.07) is 0. The van der Waals surface area contributed by atoms with Gasteiger partial charge in [-0.05, 0) is 19.4 Å². The number of nitrogens with one attached hydrogen (secondary N) is 1. The Labute approximate surface area is 77.9 Å². The van der Waals surface area contributed by atoms with Crippen LogP contribution in [0.5, 0.6) is 5.88 Å². The molecule has 0 unspecified atom stereocenters. The molecule has 13 heavy (non-hydrogen) atoms. The maximum absolute atomic E-state index is 5.30. The molecule has 0 radical (unpaired) electrons. The van der Waals surface area contributed by atoms with Crippen molar-refractivity contribution in [1.82, 2.24) is 15.1 Å². The fourth-order valence-corrected chi connectivity index (χ4v) is 1.83. The summed E-state index contributed by atoms with van der Waals surface area (Å²) in [6.07, 6.45) is 2.21. The minimum absolute atomic E-state index is 0.881. The fraction of sp³-hybridized carbons (Fsp3) is 0.667. The van der Waals surface area contributed by atoms with E-state index in [2.05, 4.69) is 10.4 Å². The zero-order chi connectivity index (χ0) is 9.26. The van der Waals surface area contributed by atoms with Crippen LogP contribution in [0.3, 0.4) is 0 Å². The van der Waals surface area contributed by atoms with Crippen molar-refractivity contribution in [3.63, 3.8) is 0 Å². The van der Waals surface area contributed by atoms with Crippen molar-refractivity contribution in [2.75, 3.05) is 13.7 Å². The van der Waals surface area contributed by atoms with Crippen molar-refractivity contribution < 1.29 is 4.74 Å². The van der Waals surface area contributed by atoms with Crippen LogP contribution in [0.2, 0.25) is 0 Å². The molecule has 2 rings (SSSR count). The molecule has 1 N–H and O–H groups in total. The van der Waals surface area contributed by atoms with Gasteiger partial charge in [-0.1, -0.05) is 0 Å². The van der Waals surface area contributed by atoms with Gasteiger partial charge in [0, 0.05) is 13.6 Å². The number of rotatable bonds is 1. The third kappa shape index (κ3) is 1.42. The third-order valence-corrected chi connectivity index (χ3v) is 2.43. The molecule has 4 nitrogen and oxygen atoms in total. The van der Waals surface area contributed by atoms with Crippen LogP contribution < -0.4 is 10.1 Å². The molecule has 0 aliphatic carbocycles. The largest absolute Gasteiger partial charge is 0.481 e. The van der Waals surface area contributed by atoms with E-state index in [1.165, 1.54) is 11.3 Å². The van der Waals surface area contributed by atoms with Crippen molar-refractivity contribution in [3.05, 3.63) is 11.3 Å². The summed E-state index contributed by atoms with van der Waals surface area (Å²) in [7, 11) is 3.62. The van der Waals surface area contributed by atoms with Crippen LogP contribution in [-0.2, 0) is 20.0 Å². The van der Waals surface area contributed by atoms with Gasteiger partial charge in [0.05, 0.1) is 18.4 Å². The number of ether oxygens (including phenoxy) is 1. The average molecular weight is 181 g/mol. The first-order valence-corrected chi connectivity index (χ1v) is 4.62. The summed E-state index contributed by atoms with van der Waals surface area (Å²) in [5.41, 5.74) is 2.41. The molecule has 0 spiro atoms. The lowest BCUT2D eigenvalue weighted by atomic mass is 10.2. The minimum Gasteiger partial charge on any atom is -0.481 e. The third-order valence-electron chi connectivity index (χ3n) is 2.43. The van der Waals surface area contributed by atoms with Crippen LogP contribution in [0.25, 0.3) is 0 Å². The maximum Gasteiger partial charge on any atom is 0.216 e. The number of hydrogen-bond acceptors (Lipinski definition) is 3. The highest BCUT2D eigenvalue weighted by atomic mass is 16.5. The predicted molar refractivity (Wildman–Crippen MR) is 49.8 cm³/mol. The van der Waals surface area contributed by atoms with Gasteiger partial charge >= 0.3 is 0 Å². The zero-order valence-corrected chi connectivity index (χ0v) is 8.13. The van der Waals surface area contributed by atoms with Crippen molar-refractivity contribution in [2.45, 2.75) is 19.4 Å². The Bertz CT molecular complexity index is 306. The lowest BCUT2D eigenvalue weighted by Gasteiger charge is -2.03. The molecule has 0 aromatic carbocycles. The SMILES string of the molecule is COc1c2c(nn1C)CCCNC2. The number of fused-ring (bicyclic) bond motifs is 1. The molecule has 2 heterocycles. The van der Waals surface area contributed by atoms with Crippen LogP contribution >= 0.6 is 0 Å². The molecule has 0 fully saturated rings. The Morgan fingerprint density at radius 3 is 3.15 bits per heavy atom. The Balaban J connectivity index is 2.41. The quantitative estimate of drug-likeness (QED) is 0.684. The summed E-state index contributed by atoms with van der Waals surface area (Å²) < 4.78 is 7.12. The molecule has 0 atom stereocenters. The van der Waals surface area contributed by atoms with Gasteiger partial charge in [0.1, 0.15) is 0 Å². The van der Waals surface area contributed by atoms with E-state index in [4.69, 9.17) is 4.74 Å². The highest BCUT2D eigenvalue weighted by Crippen LogP contribution is 2.23. The summed E-state index contributed by atoms with van der Waals surface area (Å²) in [4.78, 5) is 0. The molecule has 0 amide bonds. The summed E-state index contributed by atoms with van der Waals surface area (Å²) in [5, 5.41) is 7.79. The smallest absolute Gasteiger partial charge is 0.216 e. The van der Waals surface area contributed by atoms with Crippen LogP contribution in [0, 0.1) is 0 Å². The van der Waals surface area contributed by atoms with E-state index in [9.17, 15) is 0 Å². The first-order valence-electron chi connectivity index (χ1n) is 4.62. The topological polar surface area (TPSA) is 39.1 Å². The van der Waals surface area contributed by atoms with Gasteiger partial charge in [0.2, 0.25) is 5.88 Å². The highest BCUT2D eigenvalue weighted by molar-refractivity contribution is 5.32.